The summed E-state index contributed by atoms with van der Waals surface area (Å²) < 4.78 is 46.6. The SMILES string of the molecule is CCOC(=O)c1conc1-c1ccc(C(F)(F)F)nc1. The van der Waals surface area contributed by atoms with Gasteiger partial charge in [0.05, 0.1) is 6.61 Å². The summed E-state index contributed by atoms with van der Waals surface area (Å²) in [5.41, 5.74) is -0.671. The van der Waals surface area contributed by atoms with E-state index in [4.69, 9.17) is 4.74 Å². The number of pyridine rings is 1. The fourth-order valence-electron chi connectivity index (χ4n) is 1.50. The molecular weight excluding hydrogens is 277 g/mol. The number of nitrogens with zero attached hydrogens (tertiary/aromatic N) is 2. The Balaban J connectivity index is 2.33. The molecule has 0 aliphatic carbocycles. The number of hydrogen-bond acceptors (Lipinski definition) is 5. The molecule has 0 fully saturated rings. The highest BCUT2D eigenvalue weighted by Crippen LogP contribution is 2.29. The minimum Gasteiger partial charge on any atom is -0.462 e. The van der Waals surface area contributed by atoms with Crippen LogP contribution < -0.4 is 0 Å². The Morgan fingerprint density at radius 1 is 1.40 bits per heavy atom. The van der Waals surface area contributed by atoms with Crippen molar-refractivity contribution in [1.29, 1.82) is 0 Å². The smallest absolute Gasteiger partial charge is 0.433 e. The molecule has 0 saturated heterocycles. The molecule has 2 heterocycles. The van der Waals surface area contributed by atoms with Crippen LogP contribution in [-0.2, 0) is 10.9 Å². The second kappa shape index (κ2) is 5.32. The van der Waals surface area contributed by atoms with Crippen LogP contribution in [0, 0.1) is 0 Å². The van der Waals surface area contributed by atoms with Crippen LogP contribution in [0.3, 0.4) is 0 Å². The second-order valence-electron chi connectivity index (χ2n) is 3.73. The second-order valence-corrected chi connectivity index (χ2v) is 3.73. The largest absolute Gasteiger partial charge is 0.462 e. The molecule has 0 saturated carbocycles. The van der Waals surface area contributed by atoms with Crippen molar-refractivity contribution < 1.29 is 27.2 Å². The van der Waals surface area contributed by atoms with Gasteiger partial charge in [-0.2, -0.15) is 13.2 Å². The zero-order valence-electron chi connectivity index (χ0n) is 10.3. The average Bonchev–Trinajstić information content (AvgIpc) is 2.87. The normalized spacial score (nSPS) is 11.4. The molecule has 0 amide bonds. The van der Waals surface area contributed by atoms with Crippen LogP contribution >= 0.6 is 0 Å². The van der Waals surface area contributed by atoms with Crippen molar-refractivity contribution in [3.05, 3.63) is 35.9 Å². The van der Waals surface area contributed by atoms with Gasteiger partial charge in [-0.05, 0) is 19.1 Å². The van der Waals surface area contributed by atoms with E-state index in [9.17, 15) is 18.0 Å². The van der Waals surface area contributed by atoms with E-state index in [1.54, 1.807) is 6.92 Å². The maximum absolute atomic E-state index is 12.4. The number of aromatic nitrogens is 2. The van der Waals surface area contributed by atoms with Crippen LogP contribution in [0.5, 0.6) is 0 Å². The number of esters is 1. The van der Waals surface area contributed by atoms with Gasteiger partial charge >= 0.3 is 12.1 Å². The van der Waals surface area contributed by atoms with E-state index in [-0.39, 0.29) is 23.4 Å². The minimum absolute atomic E-state index is 0.0356. The zero-order chi connectivity index (χ0) is 14.8. The van der Waals surface area contributed by atoms with Gasteiger partial charge in [0.1, 0.15) is 23.2 Å². The molecule has 0 spiro atoms. The first kappa shape index (κ1) is 14.0. The third-order valence-corrected chi connectivity index (χ3v) is 2.39. The van der Waals surface area contributed by atoms with Crippen molar-refractivity contribution in [2.45, 2.75) is 13.1 Å². The lowest BCUT2D eigenvalue weighted by molar-refractivity contribution is -0.141. The molecule has 2 aromatic heterocycles. The highest BCUT2D eigenvalue weighted by atomic mass is 19.4. The first-order valence-corrected chi connectivity index (χ1v) is 5.58. The molecule has 0 radical (unpaired) electrons. The van der Waals surface area contributed by atoms with Gasteiger partial charge in [-0.15, -0.1) is 0 Å². The Hall–Kier alpha value is -2.38. The summed E-state index contributed by atoms with van der Waals surface area (Å²) in [6, 6.07) is 1.97. The number of rotatable bonds is 3. The molecule has 0 unspecified atom stereocenters. The van der Waals surface area contributed by atoms with E-state index in [2.05, 4.69) is 14.7 Å². The molecule has 5 nitrogen and oxygen atoms in total. The van der Waals surface area contributed by atoms with Crippen LogP contribution in [0.15, 0.2) is 29.1 Å². The average molecular weight is 286 g/mol. The Morgan fingerprint density at radius 3 is 2.70 bits per heavy atom. The Kier molecular flexibility index (Phi) is 3.73. The quantitative estimate of drug-likeness (QED) is 0.812. The molecule has 2 rings (SSSR count). The predicted octanol–water partition coefficient (Wildman–Crippen LogP) is 2.93. The van der Waals surface area contributed by atoms with E-state index in [0.29, 0.717) is 0 Å². The van der Waals surface area contributed by atoms with Crippen molar-refractivity contribution in [3.63, 3.8) is 0 Å². The van der Waals surface area contributed by atoms with E-state index in [1.807, 2.05) is 0 Å². The number of carbonyl (C=O) groups is 1. The van der Waals surface area contributed by atoms with Gasteiger partial charge in [0.25, 0.3) is 0 Å². The van der Waals surface area contributed by atoms with Crippen LogP contribution in [-0.4, -0.2) is 22.7 Å². The summed E-state index contributed by atoms with van der Waals surface area (Å²) in [5.74, 6) is -0.663. The van der Waals surface area contributed by atoms with Crippen molar-refractivity contribution in [1.82, 2.24) is 10.1 Å². The number of alkyl halides is 3. The van der Waals surface area contributed by atoms with E-state index in [1.165, 1.54) is 0 Å². The van der Waals surface area contributed by atoms with Gasteiger partial charge in [-0.3, -0.25) is 4.98 Å². The molecule has 8 heteroatoms. The lowest BCUT2D eigenvalue weighted by Crippen LogP contribution is -2.08. The lowest BCUT2D eigenvalue weighted by Gasteiger charge is -2.06. The molecule has 20 heavy (non-hydrogen) atoms. The summed E-state index contributed by atoms with van der Waals surface area (Å²) in [5, 5.41) is 3.58. The summed E-state index contributed by atoms with van der Waals surface area (Å²) in [7, 11) is 0. The third-order valence-electron chi connectivity index (χ3n) is 2.39. The highest BCUT2D eigenvalue weighted by molar-refractivity contribution is 5.95. The molecule has 0 aliphatic rings. The maximum Gasteiger partial charge on any atom is 0.433 e. The third kappa shape index (κ3) is 2.79. The Morgan fingerprint density at radius 2 is 2.15 bits per heavy atom. The first-order chi connectivity index (χ1) is 9.43. The Bertz CT molecular complexity index is 605. The molecule has 106 valence electrons. The summed E-state index contributed by atoms with van der Waals surface area (Å²) in [6.07, 6.45) is -2.47. The van der Waals surface area contributed by atoms with Crippen molar-refractivity contribution in [2.24, 2.45) is 0 Å². The summed E-state index contributed by atoms with van der Waals surface area (Å²) >= 11 is 0. The van der Waals surface area contributed by atoms with Crippen LogP contribution in [0.1, 0.15) is 23.0 Å². The lowest BCUT2D eigenvalue weighted by atomic mass is 10.1. The van der Waals surface area contributed by atoms with Crippen molar-refractivity contribution >= 4 is 5.97 Å². The summed E-state index contributed by atoms with van der Waals surface area (Å²) in [4.78, 5) is 14.9. The standard InChI is InChI=1S/C12H9F3N2O3/c1-2-19-11(18)8-6-20-17-10(8)7-3-4-9(16-5-7)12(13,14)15/h3-6H,2H2,1H3. The molecule has 0 atom stereocenters. The molecule has 0 N–H and O–H groups in total. The Labute approximate surface area is 111 Å². The minimum atomic E-state index is -4.52. The highest BCUT2D eigenvalue weighted by Gasteiger charge is 2.32. The van der Waals surface area contributed by atoms with Crippen molar-refractivity contribution in [2.75, 3.05) is 6.61 Å². The van der Waals surface area contributed by atoms with Crippen LogP contribution in [0.4, 0.5) is 13.2 Å². The molecule has 0 bridgehead atoms. The molecular formula is C12H9F3N2O3. The predicted molar refractivity (Wildman–Crippen MR) is 60.7 cm³/mol. The van der Waals surface area contributed by atoms with Gasteiger partial charge in [-0.1, -0.05) is 5.16 Å². The van der Waals surface area contributed by atoms with Crippen LogP contribution in [0.25, 0.3) is 11.3 Å². The van der Waals surface area contributed by atoms with E-state index in [0.717, 1.165) is 24.6 Å². The van der Waals surface area contributed by atoms with Crippen molar-refractivity contribution in [3.8, 4) is 11.3 Å². The van der Waals surface area contributed by atoms with Gasteiger partial charge in [-0.25, -0.2) is 4.79 Å². The zero-order valence-corrected chi connectivity index (χ0v) is 10.3. The number of ether oxygens (including phenoxy) is 1. The monoisotopic (exact) mass is 286 g/mol. The molecule has 0 aromatic carbocycles. The maximum atomic E-state index is 12.4. The number of carbonyl (C=O) groups excluding carboxylic acids is 1. The number of halogens is 3. The fourth-order valence-corrected chi connectivity index (χ4v) is 1.50. The van der Waals surface area contributed by atoms with Gasteiger partial charge in [0.2, 0.25) is 0 Å². The van der Waals surface area contributed by atoms with E-state index >= 15 is 0 Å². The van der Waals surface area contributed by atoms with Gasteiger partial charge in [0.15, 0.2) is 0 Å². The molecule has 2 aromatic rings. The van der Waals surface area contributed by atoms with Crippen LogP contribution in [0.2, 0.25) is 0 Å². The summed E-state index contributed by atoms with van der Waals surface area (Å²) in [6.45, 7) is 1.79. The van der Waals surface area contributed by atoms with Gasteiger partial charge < -0.3 is 9.26 Å². The first-order valence-electron chi connectivity index (χ1n) is 5.58. The number of hydrogen-bond donors (Lipinski definition) is 0. The molecule has 0 aliphatic heterocycles. The fraction of sp³-hybridized carbons (Fsp3) is 0.250. The topological polar surface area (TPSA) is 65.2 Å². The van der Waals surface area contributed by atoms with E-state index < -0.39 is 17.8 Å². The van der Waals surface area contributed by atoms with Gasteiger partial charge in [0, 0.05) is 11.8 Å².